The first-order valence-corrected chi connectivity index (χ1v) is 9.60. The van der Waals surface area contributed by atoms with Gasteiger partial charge in [0.25, 0.3) is 0 Å². The SMILES string of the molecule is Cc1nc(C)c(CCNS(=O)(=O)c2ccc3c(c2)oc(=O)n3C)s1. The van der Waals surface area contributed by atoms with Crippen LogP contribution in [0.1, 0.15) is 15.6 Å². The van der Waals surface area contributed by atoms with Gasteiger partial charge in [0, 0.05) is 24.5 Å². The molecular weight excluding hydrogens is 350 g/mol. The van der Waals surface area contributed by atoms with Gasteiger partial charge in [-0.05, 0) is 32.4 Å². The Balaban J connectivity index is 1.77. The Morgan fingerprint density at radius 2 is 2.08 bits per heavy atom. The van der Waals surface area contributed by atoms with Crippen molar-refractivity contribution in [2.45, 2.75) is 25.2 Å². The summed E-state index contributed by atoms with van der Waals surface area (Å²) in [6.07, 6.45) is 0.583. The van der Waals surface area contributed by atoms with E-state index in [0.29, 0.717) is 11.9 Å². The first-order valence-electron chi connectivity index (χ1n) is 7.30. The Morgan fingerprint density at radius 1 is 1.33 bits per heavy atom. The lowest BCUT2D eigenvalue weighted by Gasteiger charge is -2.06. The second-order valence-corrected chi connectivity index (χ2v) is 8.50. The quantitative estimate of drug-likeness (QED) is 0.741. The molecule has 0 atom stereocenters. The van der Waals surface area contributed by atoms with E-state index in [-0.39, 0.29) is 17.0 Å². The Bertz CT molecular complexity index is 1060. The van der Waals surface area contributed by atoms with Gasteiger partial charge < -0.3 is 4.42 Å². The smallest absolute Gasteiger partial charge is 0.408 e. The second-order valence-electron chi connectivity index (χ2n) is 5.45. The molecule has 0 aliphatic carbocycles. The molecule has 0 aliphatic heterocycles. The molecule has 24 heavy (non-hydrogen) atoms. The summed E-state index contributed by atoms with van der Waals surface area (Å²) in [4.78, 5) is 17.0. The van der Waals surface area contributed by atoms with Crippen LogP contribution in [-0.4, -0.2) is 24.5 Å². The van der Waals surface area contributed by atoms with Gasteiger partial charge >= 0.3 is 5.76 Å². The number of thiazole rings is 1. The average Bonchev–Trinajstić information content (AvgIpc) is 2.98. The van der Waals surface area contributed by atoms with Crippen molar-refractivity contribution >= 4 is 32.5 Å². The predicted octanol–water partition coefficient (Wildman–Crippen LogP) is 1.73. The zero-order valence-electron chi connectivity index (χ0n) is 13.5. The lowest BCUT2D eigenvalue weighted by Crippen LogP contribution is -2.25. The maximum absolute atomic E-state index is 12.4. The number of oxazole rings is 1. The van der Waals surface area contributed by atoms with Crippen molar-refractivity contribution in [2.75, 3.05) is 6.54 Å². The molecule has 0 radical (unpaired) electrons. The van der Waals surface area contributed by atoms with Crippen LogP contribution in [0.5, 0.6) is 0 Å². The van der Waals surface area contributed by atoms with E-state index in [1.165, 1.54) is 16.7 Å². The van der Waals surface area contributed by atoms with Crippen molar-refractivity contribution in [3.05, 3.63) is 44.3 Å². The molecule has 7 nitrogen and oxygen atoms in total. The van der Waals surface area contributed by atoms with E-state index in [9.17, 15) is 13.2 Å². The van der Waals surface area contributed by atoms with Gasteiger partial charge in [0.15, 0.2) is 5.58 Å². The van der Waals surface area contributed by atoms with Gasteiger partial charge in [0.05, 0.1) is 21.1 Å². The summed E-state index contributed by atoms with van der Waals surface area (Å²) in [5.41, 5.74) is 1.73. The highest BCUT2D eigenvalue weighted by atomic mass is 32.2. The maximum Gasteiger partial charge on any atom is 0.419 e. The summed E-state index contributed by atoms with van der Waals surface area (Å²) in [5, 5.41) is 0.968. The Hall–Kier alpha value is -1.97. The molecule has 1 N–H and O–H groups in total. The van der Waals surface area contributed by atoms with Crippen molar-refractivity contribution in [3.8, 4) is 0 Å². The number of hydrogen-bond acceptors (Lipinski definition) is 6. The van der Waals surface area contributed by atoms with Crippen LogP contribution in [0, 0.1) is 13.8 Å². The van der Waals surface area contributed by atoms with Crippen molar-refractivity contribution in [2.24, 2.45) is 7.05 Å². The third-order valence-electron chi connectivity index (χ3n) is 3.72. The van der Waals surface area contributed by atoms with E-state index in [0.717, 1.165) is 15.6 Å². The monoisotopic (exact) mass is 367 g/mol. The van der Waals surface area contributed by atoms with Crippen LogP contribution < -0.4 is 10.5 Å². The van der Waals surface area contributed by atoms with E-state index >= 15 is 0 Å². The number of nitrogens with zero attached hydrogens (tertiary/aromatic N) is 2. The van der Waals surface area contributed by atoms with Crippen LogP contribution in [0.4, 0.5) is 0 Å². The van der Waals surface area contributed by atoms with Crippen LogP contribution in [-0.2, 0) is 23.5 Å². The molecule has 1 aromatic carbocycles. The van der Waals surface area contributed by atoms with E-state index < -0.39 is 15.8 Å². The largest absolute Gasteiger partial charge is 0.419 e. The summed E-state index contributed by atoms with van der Waals surface area (Å²) in [5.74, 6) is -0.524. The highest BCUT2D eigenvalue weighted by molar-refractivity contribution is 7.89. The lowest BCUT2D eigenvalue weighted by atomic mass is 10.3. The van der Waals surface area contributed by atoms with Gasteiger partial charge in [-0.25, -0.2) is 22.9 Å². The normalized spacial score (nSPS) is 12.1. The number of hydrogen-bond donors (Lipinski definition) is 1. The van der Waals surface area contributed by atoms with E-state index in [1.807, 2.05) is 13.8 Å². The lowest BCUT2D eigenvalue weighted by molar-refractivity contribution is 0.527. The molecule has 0 saturated heterocycles. The fraction of sp³-hybridized carbons (Fsp3) is 0.333. The van der Waals surface area contributed by atoms with Crippen molar-refractivity contribution in [3.63, 3.8) is 0 Å². The van der Waals surface area contributed by atoms with Crippen LogP contribution in [0.25, 0.3) is 11.1 Å². The third-order valence-corrected chi connectivity index (χ3v) is 6.31. The molecule has 0 fully saturated rings. The van der Waals surface area contributed by atoms with Crippen molar-refractivity contribution in [1.29, 1.82) is 0 Å². The average molecular weight is 367 g/mol. The fourth-order valence-corrected chi connectivity index (χ4v) is 4.45. The minimum absolute atomic E-state index is 0.0709. The van der Waals surface area contributed by atoms with Gasteiger partial charge in [0.2, 0.25) is 10.0 Å². The molecule has 0 saturated carbocycles. The van der Waals surface area contributed by atoms with Crippen molar-refractivity contribution in [1.82, 2.24) is 14.3 Å². The molecular formula is C15H17N3O4S2. The molecule has 2 aromatic heterocycles. The molecule has 2 heterocycles. The molecule has 0 bridgehead atoms. The van der Waals surface area contributed by atoms with Gasteiger partial charge in [-0.3, -0.25) is 4.57 Å². The highest BCUT2D eigenvalue weighted by Gasteiger charge is 2.17. The molecule has 3 rings (SSSR count). The summed E-state index contributed by atoms with van der Waals surface area (Å²) in [7, 11) is -2.10. The standard InChI is InChI=1S/C15H17N3O4S2/c1-9-14(23-10(2)17-9)6-7-16-24(20,21)11-4-5-12-13(8-11)22-15(19)18(12)3/h4-5,8,16H,6-7H2,1-3H3. The molecule has 0 unspecified atom stereocenters. The number of aromatic nitrogens is 2. The van der Waals surface area contributed by atoms with Crippen LogP contribution in [0.15, 0.2) is 32.3 Å². The Kier molecular flexibility index (Phi) is 4.33. The fourth-order valence-electron chi connectivity index (χ4n) is 2.47. The molecule has 0 spiro atoms. The highest BCUT2D eigenvalue weighted by Crippen LogP contribution is 2.19. The number of aryl methyl sites for hydroxylation is 3. The number of sulfonamides is 1. The number of fused-ring (bicyclic) bond motifs is 1. The zero-order chi connectivity index (χ0) is 17.5. The molecule has 9 heteroatoms. The first kappa shape index (κ1) is 16.9. The Labute approximate surface area is 143 Å². The molecule has 128 valence electrons. The molecule has 0 aliphatic rings. The first-order chi connectivity index (χ1) is 11.3. The maximum atomic E-state index is 12.4. The predicted molar refractivity (Wildman–Crippen MR) is 91.9 cm³/mol. The van der Waals surface area contributed by atoms with Crippen LogP contribution in [0.2, 0.25) is 0 Å². The number of benzene rings is 1. The van der Waals surface area contributed by atoms with Gasteiger partial charge in [0.1, 0.15) is 0 Å². The summed E-state index contributed by atoms with van der Waals surface area (Å²) in [6.45, 7) is 4.12. The Morgan fingerprint density at radius 3 is 2.75 bits per heavy atom. The molecule has 3 aromatic rings. The number of nitrogens with one attached hydrogen (secondary N) is 1. The van der Waals surface area contributed by atoms with Gasteiger partial charge in [-0.2, -0.15) is 0 Å². The summed E-state index contributed by atoms with van der Waals surface area (Å²) < 4.78 is 33.7. The van der Waals surface area contributed by atoms with Crippen molar-refractivity contribution < 1.29 is 12.8 Å². The number of rotatable bonds is 5. The van der Waals surface area contributed by atoms with E-state index in [2.05, 4.69) is 9.71 Å². The molecule has 0 amide bonds. The van der Waals surface area contributed by atoms with Gasteiger partial charge in [-0.1, -0.05) is 0 Å². The minimum Gasteiger partial charge on any atom is -0.408 e. The van der Waals surface area contributed by atoms with E-state index in [1.54, 1.807) is 24.5 Å². The summed E-state index contributed by atoms with van der Waals surface area (Å²) >= 11 is 1.57. The van der Waals surface area contributed by atoms with E-state index in [4.69, 9.17) is 4.42 Å². The topological polar surface area (TPSA) is 94.2 Å². The summed E-state index contributed by atoms with van der Waals surface area (Å²) in [6, 6.07) is 4.38. The van der Waals surface area contributed by atoms with Crippen LogP contribution in [0.3, 0.4) is 0 Å². The third kappa shape index (κ3) is 3.14. The van der Waals surface area contributed by atoms with Gasteiger partial charge in [-0.15, -0.1) is 11.3 Å². The second kappa shape index (κ2) is 6.15. The van der Waals surface area contributed by atoms with Crippen LogP contribution >= 0.6 is 11.3 Å². The zero-order valence-corrected chi connectivity index (χ0v) is 15.1. The minimum atomic E-state index is -3.67.